The molecule has 0 N–H and O–H groups in total. The molecule has 188 valence electrons. The first-order valence-corrected chi connectivity index (χ1v) is 12.5. The topological polar surface area (TPSA) is 121 Å². The summed E-state index contributed by atoms with van der Waals surface area (Å²) in [5.41, 5.74) is -0.721. The van der Waals surface area contributed by atoms with Crippen LogP contribution in [0.4, 0.5) is 13.6 Å². The third kappa shape index (κ3) is 6.70. The fourth-order valence-corrected chi connectivity index (χ4v) is 4.17. The van der Waals surface area contributed by atoms with Gasteiger partial charge in [-0.05, 0) is 52.7 Å². The summed E-state index contributed by atoms with van der Waals surface area (Å²) in [5, 5.41) is 5.23. The highest BCUT2D eigenvalue weighted by atomic mass is 32.2. The summed E-state index contributed by atoms with van der Waals surface area (Å²) in [6.07, 6.45) is 0.293. The lowest BCUT2D eigenvalue weighted by Crippen LogP contribution is -2.40. The van der Waals surface area contributed by atoms with E-state index in [0.29, 0.717) is 32.2 Å². The minimum Gasteiger partial charge on any atom is -0.427 e. The van der Waals surface area contributed by atoms with Crippen molar-refractivity contribution in [3.8, 4) is 11.4 Å². The molecule has 0 aliphatic carbocycles. The lowest BCUT2D eigenvalue weighted by atomic mass is 10.1. The van der Waals surface area contributed by atoms with Gasteiger partial charge in [-0.1, -0.05) is 5.16 Å². The van der Waals surface area contributed by atoms with Crippen LogP contribution in [0, 0.1) is 11.6 Å². The van der Waals surface area contributed by atoms with Gasteiger partial charge in [-0.25, -0.2) is 22.0 Å². The molecule has 0 bridgehead atoms. The number of carbonyl (C=O) groups is 1. The van der Waals surface area contributed by atoms with Crippen molar-refractivity contribution in [1.82, 2.24) is 15.2 Å². The molecule has 0 amide bonds. The van der Waals surface area contributed by atoms with Crippen LogP contribution >= 0.6 is 0 Å². The maximum Gasteiger partial charge on any atom is 0.528 e. The van der Waals surface area contributed by atoms with E-state index in [2.05, 4.69) is 10.1 Å². The number of hydroxylamine groups is 2. The van der Waals surface area contributed by atoms with Gasteiger partial charge >= 0.3 is 6.16 Å². The molecule has 13 heteroatoms. The molecule has 0 radical (unpaired) electrons. The van der Waals surface area contributed by atoms with Crippen LogP contribution in [0.1, 0.15) is 52.5 Å². The second-order valence-electron chi connectivity index (χ2n) is 8.96. The van der Waals surface area contributed by atoms with E-state index < -0.39 is 44.2 Å². The van der Waals surface area contributed by atoms with Crippen LogP contribution < -0.4 is 0 Å². The SMILES string of the molecule is CC(OC1CCN(OC(=O)OC(C)(C)C)CC1)c1nc(-c2cc(F)c(S(C)(=O)=O)c(F)c2)no1. The Hall–Kier alpha value is -2.64. The lowest BCUT2D eigenvalue weighted by molar-refractivity contribution is -0.169. The van der Waals surface area contributed by atoms with E-state index in [-0.39, 0.29) is 23.4 Å². The van der Waals surface area contributed by atoms with E-state index in [1.54, 1.807) is 27.7 Å². The zero-order valence-corrected chi connectivity index (χ0v) is 20.3. The maximum absolute atomic E-state index is 14.2. The molecule has 0 spiro atoms. The number of piperidine rings is 1. The lowest BCUT2D eigenvalue weighted by Gasteiger charge is -2.31. The normalized spacial score (nSPS) is 16.9. The fraction of sp³-hybridized carbons (Fsp3) is 0.571. The van der Waals surface area contributed by atoms with E-state index in [1.165, 1.54) is 5.06 Å². The minimum atomic E-state index is -4.08. The number of nitrogens with zero attached hydrogens (tertiary/aromatic N) is 3. The minimum absolute atomic E-state index is 0.0720. The number of sulfone groups is 1. The summed E-state index contributed by atoms with van der Waals surface area (Å²) in [7, 11) is -4.08. The molecule has 34 heavy (non-hydrogen) atoms. The largest absolute Gasteiger partial charge is 0.528 e. The van der Waals surface area contributed by atoms with Crippen LogP contribution in [0.5, 0.6) is 0 Å². The maximum atomic E-state index is 14.2. The molecule has 3 rings (SSSR count). The molecule has 10 nitrogen and oxygen atoms in total. The van der Waals surface area contributed by atoms with Crippen molar-refractivity contribution in [2.24, 2.45) is 0 Å². The zero-order chi connectivity index (χ0) is 25.3. The Morgan fingerprint density at radius 1 is 1.21 bits per heavy atom. The van der Waals surface area contributed by atoms with Gasteiger partial charge in [0.25, 0.3) is 5.89 Å². The van der Waals surface area contributed by atoms with Crippen molar-refractivity contribution in [2.75, 3.05) is 19.3 Å². The first-order chi connectivity index (χ1) is 15.7. The van der Waals surface area contributed by atoms with Gasteiger partial charge in [-0.2, -0.15) is 4.98 Å². The summed E-state index contributed by atoms with van der Waals surface area (Å²) in [6, 6.07) is 1.67. The second kappa shape index (κ2) is 9.92. The van der Waals surface area contributed by atoms with Crippen molar-refractivity contribution in [2.45, 2.75) is 63.2 Å². The Bertz CT molecular complexity index is 1120. The molecule has 1 aromatic heterocycles. The molecule has 1 fully saturated rings. The number of halogens is 2. The summed E-state index contributed by atoms with van der Waals surface area (Å²) in [6.45, 7) is 7.81. The molecule has 1 atom stereocenters. The number of hydrogen-bond acceptors (Lipinski definition) is 10. The first kappa shape index (κ1) is 26.0. The van der Waals surface area contributed by atoms with E-state index in [0.717, 1.165) is 12.1 Å². The number of hydrogen-bond donors (Lipinski definition) is 0. The molecule has 1 aliphatic rings. The Balaban J connectivity index is 1.58. The van der Waals surface area contributed by atoms with Crippen molar-refractivity contribution < 1.29 is 40.8 Å². The number of benzene rings is 1. The third-order valence-corrected chi connectivity index (χ3v) is 5.94. The average Bonchev–Trinajstić information content (AvgIpc) is 3.17. The number of rotatable bonds is 6. The number of aromatic nitrogens is 2. The Kier molecular flexibility index (Phi) is 7.58. The zero-order valence-electron chi connectivity index (χ0n) is 19.5. The van der Waals surface area contributed by atoms with Crippen molar-refractivity contribution in [3.63, 3.8) is 0 Å². The monoisotopic (exact) mass is 503 g/mol. The highest BCUT2D eigenvalue weighted by molar-refractivity contribution is 7.90. The van der Waals surface area contributed by atoms with Crippen LogP contribution in [-0.2, 0) is 24.1 Å². The predicted molar refractivity (Wildman–Crippen MR) is 114 cm³/mol. The quantitative estimate of drug-likeness (QED) is 0.538. The molecule has 1 unspecified atom stereocenters. The molecular formula is C21H27F2N3O7S. The van der Waals surface area contributed by atoms with Gasteiger partial charge in [0, 0.05) is 24.9 Å². The van der Waals surface area contributed by atoms with Gasteiger partial charge in [0.15, 0.2) is 9.84 Å². The van der Waals surface area contributed by atoms with Crippen molar-refractivity contribution >= 4 is 16.0 Å². The molecule has 0 saturated carbocycles. The molecule has 2 aromatic rings. The molecule has 2 heterocycles. The van der Waals surface area contributed by atoms with Gasteiger partial charge in [0.1, 0.15) is 28.2 Å². The first-order valence-electron chi connectivity index (χ1n) is 10.6. The Morgan fingerprint density at radius 2 is 1.79 bits per heavy atom. The van der Waals surface area contributed by atoms with Crippen LogP contribution in [-0.4, -0.2) is 60.8 Å². The van der Waals surface area contributed by atoms with Crippen LogP contribution in [0.25, 0.3) is 11.4 Å². The van der Waals surface area contributed by atoms with Gasteiger partial charge in [0.05, 0.1) is 6.10 Å². The fourth-order valence-electron chi connectivity index (χ4n) is 3.34. The predicted octanol–water partition coefficient (Wildman–Crippen LogP) is 3.83. The van der Waals surface area contributed by atoms with E-state index in [1.807, 2.05) is 0 Å². The molecule has 1 aliphatic heterocycles. The highest BCUT2D eigenvalue weighted by Gasteiger charge is 2.28. The van der Waals surface area contributed by atoms with Gasteiger partial charge in [-0.3, -0.25) is 0 Å². The smallest absolute Gasteiger partial charge is 0.427 e. The molecule has 1 saturated heterocycles. The van der Waals surface area contributed by atoms with E-state index in [4.69, 9.17) is 18.8 Å². The van der Waals surface area contributed by atoms with Gasteiger partial charge in [0.2, 0.25) is 5.82 Å². The Labute approximate surface area is 196 Å². The molecular weight excluding hydrogens is 476 g/mol. The van der Waals surface area contributed by atoms with Crippen molar-refractivity contribution in [1.29, 1.82) is 0 Å². The van der Waals surface area contributed by atoms with Crippen LogP contribution in [0.3, 0.4) is 0 Å². The number of carbonyl (C=O) groups excluding carboxylic acids is 1. The standard InChI is InChI=1S/C21H27F2N3O7S/c1-12(30-14-6-8-26(9-7-14)33-20(27)31-21(2,3)4)19-24-18(25-32-19)13-10-15(22)17(16(23)11-13)34(5,28)29/h10-12,14H,6-9H2,1-5H3. The second-order valence-corrected chi connectivity index (χ2v) is 10.9. The van der Waals surface area contributed by atoms with Gasteiger partial charge < -0.3 is 18.8 Å². The van der Waals surface area contributed by atoms with E-state index in [9.17, 15) is 22.0 Å². The summed E-state index contributed by atoms with van der Waals surface area (Å²) in [5.74, 6) is -2.50. The third-order valence-electron chi connectivity index (χ3n) is 4.81. The van der Waals surface area contributed by atoms with Crippen LogP contribution in [0.2, 0.25) is 0 Å². The van der Waals surface area contributed by atoms with Crippen LogP contribution in [0.15, 0.2) is 21.6 Å². The van der Waals surface area contributed by atoms with Crippen molar-refractivity contribution in [3.05, 3.63) is 29.7 Å². The highest BCUT2D eigenvalue weighted by Crippen LogP contribution is 2.28. The summed E-state index contributed by atoms with van der Waals surface area (Å²) < 4.78 is 67.7. The average molecular weight is 504 g/mol. The number of ether oxygens (including phenoxy) is 2. The van der Waals surface area contributed by atoms with Gasteiger partial charge in [-0.15, -0.1) is 5.06 Å². The molecule has 1 aromatic carbocycles. The Morgan fingerprint density at radius 3 is 2.32 bits per heavy atom. The summed E-state index contributed by atoms with van der Waals surface area (Å²) in [4.78, 5) is 20.1. The summed E-state index contributed by atoms with van der Waals surface area (Å²) >= 11 is 0. The van der Waals surface area contributed by atoms with E-state index >= 15 is 0 Å².